The summed E-state index contributed by atoms with van der Waals surface area (Å²) in [5.74, 6) is 0.837. The predicted molar refractivity (Wildman–Crippen MR) is 74.6 cm³/mol. The number of amides is 1. The minimum atomic E-state index is -0.0306. The minimum Gasteiger partial charge on any atom is -0.469 e. The number of carbonyl (C=O) groups is 1. The molecule has 1 amide bonds. The van der Waals surface area contributed by atoms with Crippen LogP contribution in [0.5, 0.6) is 0 Å². The van der Waals surface area contributed by atoms with E-state index in [4.69, 9.17) is 10.2 Å². The number of furan rings is 1. The molecule has 0 radical (unpaired) electrons. The Hall–Kier alpha value is -2.23. The van der Waals surface area contributed by atoms with E-state index in [0.717, 1.165) is 11.3 Å². The number of nitrogen functional groups attached to an aromatic ring is 1. The second-order valence-electron chi connectivity index (χ2n) is 4.63. The molecule has 1 aromatic carbocycles. The van der Waals surface area contributed by atoms with E-state index in [1.165, 1.54) is 0 Å². The molecule has 4 nitrogen and oxygen atoms in total. The molecule has 3 N–H and O–H groups in total. The van der Waals surface area contributed by atoms with E-state index in [0.29, 0.717) is 18.5 Å². The molecule has 0 saturated heterocycles. The molecule has 2 aromatic rings. The highest BCUT2D eigenvalue weighted by atomic mass is 16.3. The molecule has 0 aliphatic heterocycles. The fourth-order valence-corrected chi connectivity index (χ4v) is 1.98. The first-order chi connectivity index (χ1) is 9.15. The van der Waals surface area contributed by atoms with Crippen molar-refractivity contribution in [3.8, 4) is 0 Å². The summed E-state index contributed by atoms with van der Waals surface area (Å²) in [5.41, 5.74) is 7.32. The quantitative estimate of drug-likeness (QED) is 0.807. The Balaban J connectivity index is 1.86. The normalized spacial score (nSPS) is 12.1. The first-order valence-corrected chi connectivity index (χ1v) is 6.30. The molecule has 19 heavy (non-hydrogen) atoms. The molecule has 0 aliphatic rings. The van der Waals surface area contributed by atoms with Gasteiger partial charge in [-0.1, -0.05) is 18.2 Å². The van der Waals surface area contributed by atoms with Gasteiger partial charge in [-0.2, -0.15) is 0 Å². The summed E-state index contributed by atoms with van der Waals surface area (Å²) >= 11 is 0. The van der Waals surface area contributed by atoms with Crippen molar-refractivity contribution in [1.29, 1.82) is 0 Å². The molecule has 1 heterocycles. The van der Waals surface area contributed by atoms with Crippen LogP contribution in [-0.4, -0.2) is 11.9 Å². The molecule has 0 aliphatic carbocycles. The summed E-state index contributed by atoms with van der Waals surface area (Å²) in [4.78, 5) is 11.9. The third-order valence-electron chi connectivity index (χ3n) is 2.90. The van der Waals surface area contributed by atoms with Crippen LogP contribution in [0.25, 0.3) is 0 Å². The predicted octanol–water partition coefficient (Wildman–Crippen LogP) is 2.15. The topological polar surface area (TPSA) is 68.3 Å². The number of hydrogen-bond donors (Lipinski definition) is 2. The standard InChI is InChI=1S/C15H18N2O2/c1-11(9-13-6-4-8-19-13)17-15(18)10-12-5-2-3-7-14(12)16/h2-8,11H,9-10,16H2,1H3,(H,17,18). The fourth-order valence-electron chi connectivity index (χ4n) is 1.98. The molecule has 1 unspecified atom stereocenters. The van der Waals surface area contributed by atoms with Crippen LogP contribution in [0.1, 0.15) is 18.2 Å². The first kappa shape index (κ1) is 13.2. The van der Waals surface area contributed by atoms with E-state index in [1.807, 2.05) is 37.3 Å². The highest BCUT2D eigenvalue weighted by Gasteiger charge is 2.11. The second-order valence-corrected chi connectivity index (χ2v) is 4.63. The van der Waals surface area contributed by atoms with E-state index in [-0.39, 0.29) is 11.9 Å². The van der Waals surface area contributed by atoms with Gasteiger partial charge in [0, 0.05) is 18.2 Å². The molecule has 1 atom stereocenters. The second kappa shape index (κ2) is 6.09. The summed E-state index contributed by atoms with van der Waals surface area (Å²) in [6.45, 7) is 1.95. The van der Waals surface area contributed by atoms with Crippen LogP contribution < -0.4 is 11.1 Å². The highest BCUT2D eigenvalue weighted by Crippen LogP contribution is 2.11. The van der Waals surface area contributed by atoms with E-state index in [2.05, 4.69) is 5.32 Å². The van der Waals surface area contributed by atoms with Crippen molar-refractivity contribution in [1.82, 2.24) is 5.32 Å². The van der Waals surface area contributed by atoms with E-state index in [9.17, 15) is 4.79 Å². The zero-order valence-electron chi connectivity index (χ0n) is 10.9. The van der Waals surface area contributed by atoms with Gasteiger partial charge >= 0.3 is 0 Å². The zero-order chi connectivity index (χ0) is 13.7. The van der Waals surface area contributed by atoms with E-state index < -0.39 is 0 Å². The molecule has 0 saturated carbocycles. The molecule has 0 bridgehead atoms. The van der Waals surface area contributed by atoms with Gasteiger partial charge in [0.05, 0.1) is 12.7 Å². The maximum absolute atomic E-state index is 11.9. The van der Waals surface area contributed by atoms with Crippen molar-refractivity contribution in [2.45, 2.75) is 25.8 Å². The molecule has 100 valence electrons. The summed E-state index contributed by atoms with van der Waals surface area (Å²) in [6.07, 6.45) is 2.62. The molecule has 4 heteroatoms. The third kappa shape index (κ3) is 3.88. The number of nitrogens with one attached hydrogen (secondary N) is 1. The largest absolute Gasteiger partial charge is 0.469 e. The van der Waals surface area contributed by atoms with Gasteiger partial charge in [0.25, 0.3) is 0 Å². The van der Waals surface area contributed by atoms with Gasteiger partial charge in [-0.05, 0) is 30.7 Å². The number of rotatable bonds is 5. The summed E-state index contributed by atoms with van der Waals surface area (Å²) in [5, 5.41) is 2.94. The maximum Gasteiger partial charge on any atom is 0.224 e. The first-order valence-electron chi connectivity index (χ1n) is 6.30. The lowest BCUT2D eigenvalue weighted by Gasteiger charge is -2.13. The molecule has 1 aromatic heterocycles. The third-order valence-corrected chi connectivity index (χ3v) is 2.90. The maximum atomic E-state index is 11.9. The monoisotopic (exact) mass is 258 g/mol. The number of benzene rings is 1. The number of anilines is 1. The van der Waals surface area contributed by atoms with Crippen molar-refractivity contribution in [2.75, 3.05) is 5.73 Å². The zero-order valence-corrected chi connectivity index (χ0v) is 10.9. The van der Waals surface area contributed by atoms with Gasteiger partial charge in [-0.3, -0.25) is 4.79 Å². The van der Waals surface area contributed by atoms with Crippen LogP contribution in [0.2, 0.25) is 0 Å². The van der Waals surface area contributed by atoms with Crippen molar-refractivity contribution in [3.05, 3.63) is 54.0 Å². The van der Waals surface area contributed by atoms with Crippen LogP contribution in [0.4, 0.5) is 5.69 Å². The van der Waals surface area contributed by atoms with E-state index >= 15 is 0 Å². The van der Waals surface area contributed by atoms with Gasteiger partial charge < -0.3 is 15.5 Å². The lowest BCUT2D eigenvalue weighted by molar-refractivity contribution is -0.121. The van der Waals surface area contributed by atoms with Crippen LogP contribution >= 0.6 is 0 Å². The Kier molecular flexibility index (Phi) is 4.23. The average molecular weight is 258 g/mol. The summed E-state index contributed by atoms with van der Waals surface area (Å²) < 4.78 is 5.25. The van der Waals surface area contributed by atoms with Gasteiger partial charge in [0.2, 0.25) is 5.91 Å². The van der Waals surface area contributed by atoms with Crippen LogP contribution in [-0.2, 0) is 17.6 Å². The van der Waals surface area contributed by atoms with Gasteiger partial charge in [0.15, 0.2) is 0 Å². The Morgan fingerprint density at radius 1 is 1.32 bits per heavy atom. The number of para-hydroxylation sites is 1. The van der Waals surface area contributed by atoms with Crippen molar-refractivity contribution >= 4 is 11.6 Å². The van der Waals surface area contributed by atoms with E-state index in [1.54, 1.807) is 12.3 Å². The smallest absolute Gasteiger partial charge is 0.224 e. The number of hydrogen-bond acceptors (Lipinski definition) is 3. The number of carbonyl (C=O) groups excluding carboxylic acids is 1. The lowest BCUT2D eigenvalue weighted by atomic mass is 10.1. The highest BCUT2D eigenvalue weighted by molar-refractivity contribution is 5.80. The fraction of sp³-hybridized carbons (Fsp3) is 0.267. The molecule has 0 fully saturated rings. The van der Waals surface area contributed by atoms with Crippen molar-refractivity contribution < 1.29 is 9.21 Å². The van der Waals surface area contributed by atoms with Crippen LogP contribution in [0.15, 0.2) is 47.1 Å². The molecule has 0 spiro atoms. The molecular weight excluding hydrogens is 240 g/mol. The Morgan fingerprint density at radius 2 is 2.11 bits per heavy atom. The molecular formula is C15H18N2O2. The summed E-state index contributed by atoms with van der Waals surface area (Å²) in [7, 11) is 0. The Morgan fingerprint density at radius 3 is 2.79 bits per heavy atom. The Bertz CT molecular complexity index is 535. The van der Waals surface area contributed by atoms with Gasteiger partial charge in [-0.15, -0.1) is 0 Å². The SMILES string of the molecule is CC(Cc1ccco1)NC(=O)Cc1ccccc1N. The minimum absolute atomic E-state index is 0.0306. The van der Waals surface area contributed by atoms with Crippen LogP contribution in [0.3, 0.4) is 0 Å². The summed E-state index contributed by atoms with van der Waals surface area (Å²) in [6, 6.07) is 11.2. The van der Waals surface area contributed by atoms with Crippen LogP contribution in [0, 0.1) is 0 Å². The van der Waals surface area contributed by atoms with Crippen molar-refractivity contribution in [3.63, 3.8) is 0 Å². The molecule has 2 rings (SSSR count). The number of nitrogens with two attached hydrogens (primary N) is 1. The average Bonchev–Trinajstić information content (AvgIpc) is 2.84. The van der Waals surface area contributed by atoms with Crippen molar-refractivity contribution in [2.24, 2.45) is 0 Å². The van der Waals surface area contributed by atoms with Gasteiger partial charge in [-0.25, -0.2) is 0 Å². The lowest BCUT2D eigenvalue weighted by Crippen LogP contribution is -2.35. The Labute approximate surface area is 112 Å². The van der Waals surface area contributed by atoms with Gasteiger partial charge in [0.1, 0.15) is 5.76 Å².